The summed E-state index contributed by atoms with van der Waals surface area (Å²) in [5.41, 5.74) is 0.144. The van der Waals surface area contributed by atoms with Crippen molar-refractivity contribution in [1.82, 2.24) is 19.7 Å². The molecule has 2 aromatic heterocycles. The predicted molar refractivity (Wildman–Crippen MR) is 46.3 cm³/mol. The van der Waals surface area contributed by atoms with Gasteiger partial charge in [0.25, 0.3) is 0 Å². The Kier molecular flexibility index (Phi) is 2.21. The van der Waals surface area contributed by atoms with Crippen LogP contribution in [0.2, 0.25) is 0 Å². The van der Waals surface area contributed by atoms with Gasteiger partial charge in [0.05, 0.1) is 0 Å². The van der Waals surface area contributed by atoms with Gasteiger partial charge in [0.15, 0.2) is 12.1 Å². The van der Waals surface area contributed by atoms with Crippen molar-refractivity contribution in [2.24, 2.45) is 0 Å². The van der Waals surface area contributed by atoms with Gasteiger partial charge in [0.2, 0.25) is 0 Å². The van der Waals surface area contributed by atoms with E-state index in [0.29, 0.717) is 5.82 Å². The van der Waals surface area contributed by atoms with Crippen LogP contribution in [-0.2, 0) is 0 Å². The van der Waals surface area contributed by atoms with Gasteiger partial charge in [-0.05, 0) is 6.07 Å². The molecule has 6 nitrogen and oxygen atoms in total. The first-order chi connectivity index (χ1) is 6.77. The van der Waals surface area contributed by atoms with Crippen molar-refractivity contribution >= 4 is 0 Å². The van der Waals surface area contributed by atoms with E-state index in [1.807, 2.05) is 0 Å². The average Bonchev–Trinajstić information content (AvgIpc) is 2.71. The lowest BCUT2D eigenvalue weighted by Crippen LogP contribution is -2.04. The Morgan fingerprint density at radius 1 is 1.29 bits per heavy atom. The minimum atomic E-state index is -1.59. The van der Waals surface area contributed by atoms with E-state index in [1.165, 1.54) is 17.1 Å². The van der Waals surface area contributed by atoms with Gasteiger partial charge in [0, 0.05) is 18.5 Å². The SMILES string of the molecule is OC(O)c1cc(-n2cccn2)ncn1. The van der Waals surface area contributed by atoms with Gasteiger partial charge in [-0.25, -0.2) is 14.6 Å². The Morgan fingerprint density at radius 2 is 2.14 bits per heavy atom. The zero-order valence-corrected chi connectivity index (χ0v) is 7.15. The van der Waals surface area contributed by atoms with Crippen LogP contribution in [0.3, 0.4) is 0 Å². The number of aliphatic hydroxyl groups is 2. The number of aromatic nitrogens is 4. The van der Waals surface area contributed by atoms with E-state index in [1.54, 1.807) is 18.5 Å². The normalized spacial score (nSPS) is 10.8. The lowest BCUT2D eigenvalue weighted by molar-refractivity contribution is -0.0459. The number of rotatable bonds is 2. The highest BCUT2D eigenvalue weighted by atomic mass is 16.5. The van der Waals surface area contributed by atoms with E-state index in [9.17, 15) is 0 Å². The Morgan fingerprint density at radius 3 is 2.79 bits per heavy atom. The third kappa shape index (κ3) is 1.61. The van der Waals surface area contributed by atoms with Crippen molar-refractivity contribution < 1.29 is 10.2 Å². The van der Waals surface area contributed by atoms with E-state index in [4.69, 9.17) is 10.2 Å². The highest BCUT2D eigenvalue weighted by molar-refractivity contribution is 5.22. The average molecular weight is 192 g/mol. The minimum Gasteiger partial charge on any atom is -0.363 e. The molecule has 2 N–H and O–H groups in total. The summed E-state index contributed by atoms with van der Waals surface area (Å²) in [5, 5.41) is 21.7. The molecule has 0 spiro atoms. The van der Waals surface area contributed by atoms with Crippen LogP contribution in [0.4, 0.5) is 0 Å². The van der Waals surface area contributed by atoms with Gasteiger partial charge >= 0.3 is 0 Å². The van der Waals surface area contributed by atoms with Crippen LogP contribution in [0, 0.1) is 0 Å². The molecule has 2 heterocycles. The lowest BCUT2D eigenvalue weighted by Gasteiger charge is -2.04. The van der Waals surface area contributed by atoms with Crippen LogP contribution >= 0.6 is 0 Å². The molecule has 72 valence electrons. The maximum atomic E-state index is 8.88. The van der Waals surface area contributed by atoms with E-state index in [2.05, 4.69) is 15.1 Å². The van der Waals surface area contributed by atoms with Crippen LogP contribution in [0.1, 0.15) is 12.0 Å². The van der Waals surface area contributed by atoms with Crippen molar-refractivity contribution in [1.29, 1.82) is 0 Å². The molecule has 0 unspecified atom stereocenters. The van der Waals surface area contributed by atoms with Gasteiger partial charge in [-0.15, -0.1) is 0 Å². The number of hydrogen-bond acceptors (Lipinski definition) is 5. The fourth-order valence-corrected chi connectivity index (χ4v) is 1.03. The molecule has 0 aliphatic rings. The highest BCUT2D eigenvalue weighted by Crippen LogP contribution is 2.08. The summed E-state index contributed by atoms with van der Waals surface area (Å²) in [4.78, 5) is 7.63. The third-order valence-corrected chi connectivity index (χ3v) is 1.68. The molecule has 0 aromatic carbocycles. The molecule has 0 atom stereocenters. The van der Waals surface area contributed by atoms with E-state index in [-0.39, 0.29) is 5.69 Å². The zero-order valence-electron chi connectivity index (χ0n) is 7.15. The summed E-state index contributed by atoms with van der Waals surface area (Å²) in [6.07, 6.45) is 2.98. The van der Waals surface area contributed by atoms with E-state index >= 15 is 0 Å². The lowest BCUT2D eigenvalue weighted by atomic mass is 10.4. The zero-order chi connectivity index (χ0) is 9.97. The van der Waals surface area contributed by atoms with E-state index in [0.717, 1.165) is 0 Å². The monoisotopic (exact) mass is 192 g/mol. The summed E-state index contributed by atoms with van der Waals surface area (Å²) in [6, 6.07) is 3.20. The predicted octanol–water partition coefficient (Wildman–Crippen LogP) is -0.355. The van der Waals surface area contributed by atoms with E-state index < -0.39 is 6.29 Å². The molecule has 0 bridgehead atoms. The van der Waals surface area contributed by atoms with Crippen molar-refractivity contribution in [2.75, 3.05) is 0 Å². The smallest absolute Gasteiger partial charge is 0.196 e. The van der Waals surface area contributed by atoms with Crippen LogP contribution in [0.15, 0.2) is 30.9 Å². The quantitative estimate of drug-likeness (QED) is 0.635. The standard InChI is InChI=1S/C8H8N4O2/c13-8(14)6-4-7(10-5-9-6)12-3-1-2-11-12/h1-5,8,13-14H. The van der Waals surface area contributed by atoms with Crippen LogP contribution in [0.5, 0.6) is 0 Å². The van der Waals surface area contributed by atoms with Crippen LogP contribution < -0.4 is 0 Å². The first-order valence-corrected chi connectivity index (χ1v) is 3.95. The Balaban J connectivity index is 2.41. The second kappa shape index (κ2) is 3.52. The molecule has 2 aromatic rings. The molecular formula is C8H8N4O2. The third-order valence-electron chi connectivity index (χ3n) is 1.68. The molecule has 0 aliphatic carbocycles. The van der Waals surface area contributed by atoms with Gasteiger partial charge in [0.1, 0.15) is 12.0 Å². The second-order valence-corrected chi connectivity index (χ2v) is 2.63. The van der Waals surface area contributed by atoms with Gasteiger partial charge in [-0.1, -0.05) is 0 Å². The summed E-state index contributed by atoms with van der Waals surface area (Å²) >= 11 is 0. The Bertz CT molecular complexity index is 413. The minimum absolute atomic E-state index is 0.144. The molecule has 0 amide bonds. The molecular weight excluding hydrogens is 184 g/mol. The Labute approximate surface area is 79.5 Å². The topological polar surface area (TPSA) is 84.1 Å². The van der Waals surface area contributed by atoms with Crippen molar-refractivity contribution in [3.63, 3.8) is 0 Å². The van der Waals surface area contributed by atoms with Gasteiger partial charge < -0.3 is 10.2 Å². The van der Waals surface area contributed by atoms with Gasteiger partial charge in [-0.3, -0.25) is 0 Å². The molecule has 0 aliphatic heterocycles. The van der Waals surface area contributed by atoms with Crippen molar-refractivity contribution in [3.05, 3.63) is 36.5 Å². The van der Waals surface area contributed by atoms with Crippen LogP contribution in [0.25, 0.3) is 5.82 Å². The fraction of sp³-hybridized carbons (Fsp3) is 0.125. The summed E-state index contributed by atoms with van der Waals surface area (Å²) in [5.74, 6) is 0.494. The Hall–Kier alpha value is -1.79. The molecule has 6 heteroatoms. The number of nitrogens with zero attached hydrogens (tertiary/aromatic N) is 4. The first-order valence-electron chi connectivity index (χ1n) is 3.95. The maximum Gasteiger partial charge on any atom is 0.196 e. The molecule has 2 rings (SSSR count). The van der Waals surface area contributed by atoms with Gasteiger partial charge in [-0.2, -0.15) is 5.10 Å². The molecule has 0 fully saturated rings. The van der Waals surface area contributed by atoms with Crippen LogP contribution in [-0.4, -0.2) is 30.0 Å². The molecule has 0 radical (unpaired) electrons. The largest absolute Gasteiger partial charge is 0.363 e. The fourth-order valence-electron chi connectivity index (χ4n) is 1.03. The first kappa shape index (κ1) is 8.79. The molecule has 0 saturated carbocycles. The van der Waals surface area contributed by atoms with Crippen molar-refractivity contribution in [2.45, 2.75) is 6.29 Å². The number of aliphatic hydroxyl groups excluding tert-OH is 1. The molecule has 14 heavy (non-hydrogen) atoms. The summed E-state index contributed by atoms with van der Waals surface area (Å²) < 4.78 is 1.51. The number of hydrogen-bond donors (Lipinski definition) is 2. The molecule has 0 saturated heterocycles. The summed E-state index contributed by atoms with van der Waals surface area (Å²) in [6.45, 7) is 0. The maximum absolute atomic E-state index is 8.88. The van der Waals surface area contributed by atoms with Crippen molar-refractivity contribution in [3.8, 4) is 5.82 Å². The summed E-state index contributed by atoms with van der Waals surface area (Å²) in [7, 11) is 0. The highest BCUT2D eigenvalue weighted by Gasteiger charge is 2.06. The second-order valence-electron chi connectivity index (χ2n) is 2.63.